The van der Waals surface area contributed by atoms with Crippen molar-refractivity contribution in [3.63, 3.8) is 0 Å². The van der Waals surface area contributed by atoms with Crippen LogP contribution in [0.3, 0.4) is 0 Å². The van der Waals surface area contributed by atoms with E-state index in [1.54, 1.807) is 7.11 Å². The SMILES string of the molecule is COc1cccc(-c2nc(C)c(C)nc2N)c1. The molecule has 1 aromatic heterocycles. The third-order valence-electron chi connectivity index (χ3n) is 2.68. The zero-order valence-corrected chi connectivity index (χ0v) is 10.2. The van der Waals surface area contributed by atoms with Gasteiger partial charge in [-0.05, 0) is 26.0 Å². The van der Waals surface area contributed by atoms with Gasteiger partial charge in [0.1, 0.15) is 17.3 Å². The summed E-state index contributed by atoms with van der Waals surface area (Å²) in [6.07, 6.45) is 0. The minimum Gasteiger partial charge on any atom is -0.497 e. The Hall–Kier alpha value is -2.10. The topological polar surface area (TPSA) is 61.0 Å². The number of nitrogen functional groups attached to an aromatic ring is 1. The van der Waals surface area contributed by atoms with Crippen molar-refractivity contribution in [2.24, 2.45) is 0 Å². The monoisotopic (exact) mass is 229 g/mol. The summed E-state index contributed by atoms with van der Waals surface area (Å²) in [5.74, 6) is 1.23. The number of hydrogen-bond donors (Lipinski definition) is 1. The molecule has 0 aliphatic carbocycles. The van der Waals surface area contributed by atoms with Gasteiger partial charge in [0, 0.05) is 5.56 Å². The van der Waals surface area contributed by atoms with E-state index in [0.717, 1.165) is 22.7 Å². The van der Waals surface area contributed by atoms with Gasteiger partial charge in [-0.3, -0.25) is 0 Å². The van der Waals surface area contributed by atoms with Crippen LogP contribution in [0, 0.1) is 13.8 Å². The van der Waals surface area contributed by atoms with Gasteiger partial charge >= 0.3 is 0 Å². The van der Waals surface area contributed by atoms with Crippen molar-refractivity contribution in [3.05, 3.63) is 35.7 Å². The minimum atomic E-state index is 0.446. The quantitative estimate of drug-likeness (QED) is 0.858. The highest BCUT2D eigenvalue weighted by Gasteiger charge is 2.09. The lowest BCUT2D eigenvalue weighted by Gasteiger charge is -2.08. The Labute approximate surface area is 100 Å². The van der Waals surface area contributed by atoms with Gasteiger partial charge in [-0.25, -0.2) is 9.97 Å². The van der Waals surface area contributed by atoms with E-state index in [1.807, 2.05) is 38.1 Å². The van der Waals surface area contributed by atoms with Crippen LogP contribution < -0.4 is 10.5 Å². The van der Waals surface area contributed by atoms with Crippen molar-refractivity contribution < 1.29 is 4.74 Å². The standard InChI is InChI=1S/C13H15N3O/c1-8-9(2)16-13(14)12(15-8)10-5-4-6-11(7-10)17-3/h4-7H,1-3H3,(H2,14,16). The Bertz CT molecular complexity index is 552. The van der Waals surface area contributed by atoms with Gasteiger partial charge in [-0.2, -0.15) is 0 Å². The maximum absolute atomic E-state index is 5.90. The number of nitrogens with zero attached hydrogens (tertiary/aromatic N) is 2. The molecule has 2 aromatic rings. The Kier molecular flexibility index (Phi) is 2.95. The third kappa shape index (κ3) is 2.20. The molecule has 0 unspecified atom stereocenters. The molecule has 0 aliphatic heterocycles. The molecule has 2 rings (SSSR count). The highest BCUT2D eigenvalue weighted by molar-refractivity contribution is 5.71. The first-order valence-electron chi connectivity index (χ1n) is 5.37. The molecule has 1 heterocycles. The maximum atomic E-state index is 5.90. The molecule has 4 heteroatoms. The largest absolute Gasteiger partial charge is 0.497 e. The fourth-order valence-electron chi connectivity index (χ4n) is 1.60. The van der Waals surface area contributed by atoms with Crippen LogP contribution in [0.25, 0.3) is 11.3 Å². The van der Waals surface area contributed by atoms with Gasteiger partial charge in [0.05, 0.1) is 18.5 Å². The van der Waals surface area contributed by atoms with E-state index in [4.69, 9.17) is 10.5 Å². The van der Waals surface area contributed by atoms with Gasteiger partial charge in [0.15, 0.2) is 0 Å². The van der Waals surface area contributed by atoms with Crippen LogP contribution in [0.15, 0.2) is 24.3 Å². The predicted molar refractivity (Wildman–Crippen MR) is 67.9 cm³/mol. The molecule has 0 spiro atoms. The molecule has 0 fully saturated rings. The first kappa shape index (κ1) is 11.4. The molecular formula is C13H15N3O. The Morgan fingerprint density at radius 3 is 2.53 bits per heavy atom. The minimum absolute atomic E-state index is 0.446. The van der Waals surface area contributed by atoms with E-state index in [-0.39, 0.29) is 0 Å². The zero-order chi connectivity index (χ0) is 12.4. The Morgan fingerprint density at radius 2 is 1.82 bits per heavy atom. The fourth-order valence-corrected chi connectivity index (χ4v) is 1.60. The molecule has 0 saturated heterocycles. The number of aromatic nitrogens is 2. The van der Waals surface area contributed by atoms with E-state index in [9.17, 15) is 0 Å². The van der Waals surface area contributed by atoms with E-state index in [0.29, 0.717) is 11.5 Å². The number of hydrogen-bond acceptors (Lipinski definition) is 4. The van der Waals surface area contributed by atoms with Gasteiger partial charge in [-0.1, -0.05) is 12.1 Å². The first-order valence-corrected chi connectivity index (χ1v) is 5.37. The Balaban J connectivity index is 2.56. The third-order valence-corrected chi connectivity index (χ3v) is 2.68. The molecule has 1 aromatic carbocycles. The van der Waals surface area contributed by atoms with E-state index < -0.39 is 0 Å². The summed E-state index contributed by atoms with van der Waals surface area (Å²) in [5.41, 5.74) is 9.26. The predicted octanol–water partition coefficient (Wildman–Crippen LogP) is 2.35. The molecule has 0 bridgehead atoms. The normalized spacial score (nSPS) is 10.3. The zero-order valence-electron chi connectivity index (χ0n) is 10.2. The lowest BCUT2D eigenvalue weighted by atomic mass is 10.1. The van der Waals surface area contributed by atoms with E-state index in [1.165, 1.54) is 0 Å². The van der Waals surface area contributed by atoms with Crippen LogP contribution in [0.2, 0.25) is 0 Å². The van der Waals surface area contributed by atoms with Crippen LogP contribution in [0.5, 0.6) is 5.75 Å². The van der Waals surface area contributed by atoms with Crippen LogP contribution in [-0.2, 0) is 0 Å². The van der Waals surface area contributed by atoms with Gasteiger partial charge in [0.2, 0.25) is 0 Å². The van der Waals surface area contributed by atoms with Crippen molar-refractivity contribution in [1.29, 1.82) is 0 Å². The molecule has 0 atom stereocenters. The molecule has 88 valence electrons. The molecule has 0 aliphatic rings. The van der Waals surface area contributed by atoms with Crippen LogP contribution in [0.1, 0.15) is 11.4 Å². The lowest BCUT2D eigenvalue weighted by Crippen LogP contribution is -2.02. The molecule has 0 radical (unpaired) electrons. The molecule has 4 nitrogen and oxygen atoms in total. The summed E-state index contributed by atoms with van der Waals surface area (Å²) in [4.78, 5) is 8.75. The number of ether oxygens (including phenoxy) is 1. The summed E-state index contributed by atoms with van der Waals surface area (Å²) in [6.45, 7) is 3.82. The molecular weight excluding hydrogens is 214 g/mol. The van der Waals surface area contributed by atoms with Gasteiger partial charge in [-0.15, -0.1) is 0 Å². The molecule has 0 saturated carbocycles. The smallest absolute Gasteiger partial charge is 0.150 e. The first-order chi connectivity index (χ1) is 8.11. The summed E-state index contributed by atoms with van der Waals surface area (Å²) in [5, 5.41) is 0. The van der Waals surface area contributed by atoms with Crippen LogP contribution in [0.4, 0.5) is 5.82 Å². The van der Waals surface area contributed by atoms with Crippen molar-refractivity contribution in [2.45, 2.75) is 13.8 Å². The average molecular weight is 229 g/mol. The second-order valence-electron chi connectivity index (χ2n) is 3.86. The Morgan fingerprint density at radius 1 is 1.12 bits per heavy atom. The second-order valence-corrected chi connectivity index (χ2v) is 3.86. The van der Waals surface area contributed by atoms with Crippen LogP contribution in [-0.4, -0.2) is 17.1 Å². The highest BCUT2D eigenvalue weighted by Crippen LogP contribution is 2.26. The van der Waals surface area contributed by atoms with E-state index in [2.05, 4.69) is 9.97 Å². The summed E-state index contributed by atoms with van der Waals surface area (Å²) < 4.78 is 5.18. The van der Waals surface area contributed by atoms with Gasteiger partial charge in [0.25, 0.3) is 0 Å². The number of nitrogens with two attached hydrogens (primary N) is 1. The summed E-state index contributed by atoms with van der Waals surface area (Å²) in [7, 11) is 1.63. The van der Waals surface area contributed by atoms with E-state index >= 15 is 0 Å². The fraction of sp³-hybridized carbons (Fsp3) is 0.231. The highest BCUT2D eigenvalue weighted by atomic mass is 16.5. The van der Waals surface area contributed by atoms with Crippen molar-refractivity contribution >= 4 is 5.82 Å². The molecule has 0 amide bonds. The number of benzene rings is 1. The number of rotatable bonds is 2. The average Bonchev–Trinajstić information content (AvgIpc) is 2.34. The molecule has 2 N–H and O–H groups in total. The summed E-state index contributed by atoms with van der Waals surface area (Å²) in [6, 6.07) is 7.63. The van der Waals surface area contributed by atoms with Crippen molar-refractivity contribution in [3.8, 4) is 17.0 Å². The molecule has 17 heavy (non-hydrogen) atoms. The second kappa shape index (κ2) is 4.41. The number of aryl methyl sites for hydroxylation is 2. The number of methoxy groups -OCH3 is 1. The van der Waals surface area contributed by atoms with Crippen molar-refractivity contribution in [2.75, 3.05) is 12.8 Å². The number of anilines is 1. The van der Waals surface area contributed by atoms with Gasteiger partial charge < -0.3 is 10.5 Å². The van der Waals surface area contributed by atoms with Crippen LogP contribution >= 0.6 is 0 Å². The van der Waals surface area contributed by atoms with Crippen molar-refractivity contribution in [1.82, 2.24) is 9.97 Å². The summed E-state index contributed by atoms with van der Waals surface area (Å²) >= 11 is 0. The maximum Gasteiger partial charge on any atom is 0.150 e. The lowest BCUT2D eigenvalue weighted by molar-refractivity contribution is 0.415.